The van der Waals surface area contributed by atoms with Crippen LogP contribution in [-0.2, 0) is 14.4 Å². The standard InChI is InChI=1S/C11H15ClN2O3/c1-13-10(16)7-3-5-14(9(15)2-4-12)6-8(7)11(13)17/h7-8H,2-6H2,1H3/t7-,8-/m0/s1. The predicted octanol–water partition coefficient (Wildman–Crippen LogP) is 0.0786. The van der Waals surface area contributed by atoms with Crippen LogP contribution in [0.25, 0.3) is 0 Å². The van der Waals surface area contributed by atoms with Crippen molar-refractivity contribution in [2.75, 3.05) is 26.0 Å². The quantitative estimate of drug-likeness (QED) is 0.521. The van der Waals surface area contributed by atoms with E-state index >= 15 is 0 Å². The molecule has 2 rings (SSSR count). The lowest BCUT2D eigenvalue weighted by molar-refractivity contribution is -0.138. The summed E-state index contributed by atoms with van der Waals surface area (Å²) in [7, 11) is 1.51. The molecule has 0 aromatic carbocycles. The first kappa shape index (κ1) is 12.4. The lowest BCUT2D eigenvalue weighted by Gasteiger charge is -2.32. The topological polar surface area (TPSA) is 57.7 Å². The van der Waals surface area contributed by atoms with E-state index in [1.54, 1.807) is 4.90 Å². The molecule has 0 aliphatic carbocycles. The summed E-state index contributed by atoms with van der Waals surface area (Å²) < 4.78 is 0. The van der Waals surface area contributed by atoms with Gasteiger partial charge in [-0.3, -0.25) is 19.3 Å². The number of carbonyl (C=O) groups is 3. The molecule has 3 amide bonds. The summed E-state index contributed by atoms with van der Waals surface area (Å²) in [6.45, 7) is 0.902. The SMILES string of the molecule is CN1C(=O)[C@H]2CCN(C(=O)CCCl)C[C@@H]2C1=O. The van der Waals surface area contributed by atoms with Crippen molar-refractivity contribution in [2.24, 2.45) is 11.8 Å². The molecule has 5 nitrogen and oxygen atoms in total. The molecule has 0 radical (unpaired) electrons. The van der Waals surface area contributed by atoms with Gasteiger partial charge in [0.1, 0.15) is 0 Å². The van der Waals surface area contributed by atoms with Gasteiger partial charge in [0.15, 0.2) is 0 Å². The van der Waals surface area contributed by atoms with E-state index in [2.05, 4.69) is 0 Å². The Morgan fingerprint density at radius 3 is 2.65 bits per heavy atom. The highest BCUT2D eigenvalue weighted by Crippen LogP contribution is 2.32. The summed E-state index contributed by atoms with van der Waals surface area (Å²) in [4.78, 5) is 38.1. The van der Waals surface area contributed by atoms with Crippen LogP contribution in [0, 0.1) is 11.8 Å². The Morgan fingerprint density at radius 1 is 1.35 bits per heavy atom. The predicted molar refractivity (Wildman–Crippen MR) is 61.3 cm³/mol. The van der Waals surface area contributed by atoms with Crippen LogP contribution in [0.2, 0.25) is 0 Å². The number of alkyl halides is 1. The highest BCUT2D eigenvalue weighted by molar-refractivity contribution is 6.18. The molecule has 0 aromatic heterocycles. The number of carbonyl (C=O) groups excluding carboxylic acids is 3. The molecule has 2 saturated heterocycles. The fourth-order valence-electron chi connectivity index (χ4n) is 2.57. The zero-order valence-corrected chi connectivity index (χ0v) is 10.4. The molecule has 0 unspecified atom stereocenters. The Kier molecular flexibility index (Phi) is 3.38. The number of imide groups is 1. The molecule has 0 spiro atoms. The second kappa shape index (κ2) is 4.64. The largest absolute Gasteiger partial charge is 0.342 e. The second-order valence-corrected chi connectivity index (χ2v) is 4.89. The Hall–Kier alpha value is -1.10. The number of halogens is 1. The molecule has 2 heterocycles. The zero-order valence-electron chi connectivity index (χ0n) is 9.69. The van der Waals surface area contributed by atoms with Crippen molar-refractivity contribution in [3.8, 4) is 0 Å². The van der Waals surface area contributed by atoms with E-state index in [1.165, 1.54) is 11.9 Å². The maximum atomic E-state index is 11.8. The third-order valence-electron chi connectivity index (χ3n) is 3.57. The van der Waals surface area contributed by atoms with E-state index in [4.69, 9.17) is 11.6 Å². The summed E-state index contributed by atoms with van der Waals surface area (Å²) in [6, 6.07) is 0. The lowest BCUT2D eigenvalue weighted by atomic mass is 9.87. The first-order valence-corrected chi connectivity index (χ1v) is 6.25. The molecule has 2 aliphatic heterocycles. The summed E-state index contributed by atoms with van der Waals surface area (Å²) in [5.41, 5.74) is 0. The minimum atomic E-state index is -0.347. The van der Waals surface area contributed by atoms with Crippen molar-refractivity contribution in [3.05, 3.63) is 0 Å². The average molecular weight is 259 g/mol. The number of fused-ring (bicyclic) bond motifs is 1. The summed E-state index contributed by atoms with van der Waals surface area (Å²) in [6.07, 6.45) is 0.866. The van der Waals surface area contributed by atoms with E-state index < -0.39 is 0 Å². The van der Waals surface area contributed by atoms with Crippen LogP contribution in [-0.4, -0.2) is 53.5 Å². The third-order valence-corrected chi connectivity index (χ3v) is 3.76. The van der Waals surface area contributed by atoms with Crippen molar-refractivity contribution >= 4 is 29.3 Å². The van der Waals surface area contributed by atoms with Crippen molar-refractivity contribution in [1.82, 2.24) is 9.80 Å². The van der Waals surface area contributed by atoms with E-state index in [-0.39, 0.29) is 41.9 Å². The van der Waals surface area contributed by atoms with Gasteiger partial charge < -0.3 is 4.90 Å². The highest BCUT2D eigenvalue weighted by Gasteiger charge is 2.48. The van der Waals surface area contributed by atoms with Gasteiger partial charge >= 0.3 is 0 Å². The number of hydrogen-bond donors (Lipinski definition) is 0. The molecule has 2 aliphatic rings. The van der Waals surface area contributed by atoms with E-state index in [9.17, 15) is 14.4 Å². The van der Waals surface area contributed by atoms with E-state index in [1.807, 2.05) is 0 Å². The van der Waals surface area contributed by atoms with Crippen molar-refractivity contribution in [1.29, 1.82) is 0 Å². The minimum Gasteiger partial charge on any atom is -0.342 e. The third kappa shape index (κ3) is 2.04. The molecule has 0 saturated carbocycles. The Balaban J connectivity index is 2.07. The monoisotopic (exact) mass is 258 g/mol. The first-order valence-electron chi connectivity index (χ1n) is 5.71. The van der Waals surface area contributed by atoms with Crippen LogP contribution in [0.5, 0.6) is 0 Å². The number of rotatable bonds is 2. The Labute approximate surface area is 105 Å². The van der Waals surface area contributed by atoms with Gasteiger partial charge in [-0.15, -0.1) is 11.6 Å². The fraction of sp³-hybridized carbons (Fsp3) is 0.727. The number of hydrogen-bond acceptors (Lipinski definition) is 3. The molecule has 0 N–H and O–H groups in total. The summed E-state index contributed by atoms with van der Waals surface area (Å²) in [5, 5.41) is 0. The number of nitrogens with zero attached hydrogens (tertiary/aromatic N) is 2. The number of amides is 3. The second-order valence-electron chi connectivity index (χ2n) is 4.52. The molecule has 0 bridgehead atoms. The number of likely N-dealkylation sites (tertiary alicyclic amines) is 2. The lowest BCUT2D eigenvalue weighted by Crippen LogP contribution is -2.45. The van der Waals surface area contributed by atoms with E-state index in [0.29, 0.717) is 19.5 Å². The molecule has 17 heavy (non-hydrogen) atoms. The minimum absolute atomic E-state index is 0.0340. The molecular weight excluding hydrogens is 244 g/mol. The van der Waals surface area contributed by atoms with Crippen LogP contribution in [0.15, 0.2) is 0 Å². The fourth-order valence-corrected chi connectivity index (χ4v) is 2.73. The Morgan fingerprint density at radius 2 is 2.00 bits per heavy atom. The summed E-state index contributed by atoms with van der Waals surface area (Å²) >= 11 is 5.53. The van der Waals surface area contributed by atoms with Crippen molar-refractivity contribution < 1.29 is 14.4 Å². The van der Waals surface area contributed by atoms with Gasteiger partial charge in [-0.05, 0) is 6.42 Å². The molecular formula is C11H15ClN2O3. The summed E-state index contributed by atoms with van der Waals surface area (Å²) in [5.74, 6) is -0.593. The van der Waals surface area contributed by atoms with Crippen LogP contribution >= 0.6 is 11.6 Å². The zero-order chi connectivity index (χ0) is 12.6. The van der Waals surface area contributed by atoms with Crippen LogP contribution in [0.4, 0.5) is 0 Å². The van der Waals surface area contributed by atoms with Gasteiger partial charge in [0.2, 0.25) is 17.7 Å². The van der Waals surface area contributed by atoms with Crippen molar-refractivity contribution in [3.63, 3.8) is 0 Å². The smallest absolute Gasteiger partial charge is 0.234 e. The van der Waals surface area contributed by atoms with Gasteiger partial charge in [-0.1, -0.05) is 0 Å². The molecule has 0 aromatic rings. The van der Waals surface area contributed by atoms with Gasteiger partial charge in [0, 0.05) is 32.4 Å². The molecule has 94 valence electrons. The highest BCUT2D eigenvalue weighted by atomic mass is 35.5. The van der Waals surface area contributed by atoms with Gasteiger partial charge in [-0.25, -0.2) is 0 Å². The van der Waals surface area contributed by atoms with Crippen molar-refractivity contribution in [2.45, 2.75) is 12.8 Å². The van der Waals surface area contributed by atoms with Crippen LogP contribution < -0.4 is 0 Å². The van der Waals surface area contributed by atoms with Crippen LogP contribution in [0.1, 0.15) is 12.8 Å². The molecule has 6 heteroatoms. The van der Waals surface area contributed by atoms with Gasteiger partial charge in [-0.2, -0.15) is 0 Å². The maximum Gasteiger partial charge on any atom is 0.234 e. The number of piperidine rings is 1. The van der Waals surface area contributed by atoms with Gasteiger partial charge in [0.05, 0.1) is 11.8 Å². The van der Waals surface area contributed by atoms with Crippen LogP contribution in [0.3, 0.4) is 0 Å². The van der Waals surface area contributed by atoms with E-state index in [0.717, 1.165) is 0 Å². The first-order chi connectivity index (χ1) is 8.06. The van der Waals surface area contributed by atoms with Gasteiger partial charge in [0.25, 0.3) is 0 Å². The molecule has 2 atom stereocenters. The average Bonchev–Trinajstić information content (AvgIpc) is 2.55. The Bertz CT molecular complexity index is 372. The maximum absolute atomic E-state index is 11.8. The normalized spacial score (nSPS) is 28.6. The molecule has 2 fully saturated rings.